The molecule has 5 N–H and O–H groups in total. The van der Waals surface area contributed by atoms with Crippen molar-refractivity contribution in [2.75, 3.05) is 67.3 Å². The molecule has 0 saturated carbocycles. The standard InChI is InChI=1S/C43H50FN7O7S/c1-43(2,3)27-23-35(40(57-5)36(24-27)50-59(6,54)55)49-42(53)48-34-13-14-37(32-10-8-7-9-31(32)34)58-30-15-18-45-39(26-30)47-29-11-12-33(38(25-29)56-4)41(52)46-19-22-51-20-16-28(44)17-21-51/h7-15,18,23-26,28,50H,16-17,19-22H2,1-6H3,(H,45,47)(H,46,52)(H2,48,49,53). The van der Waals surface area contributed by atoms with Crippen LogP contribution in [0.3, 0.4) is 0 Å². The number of amides is 3. The molecule has 0 unspecified atom stereocenters. The number of piperidine rings is 1. The average Bonchev–Trinajstić information content (AvgIpc) is 3.18. The van der Waals surface area contributed by atoms with Crippen molar-refractivity contribution in [2.24, 2.45) is 0 Å². The number of alkyl halides is 1. The van der Waals surface area contributed by atoms with Gasteiger partial charge in [0.25, 0.3) is 5.91 Å². The SMILES string of the molecule is COc1cc(Nc2cc(Oc3ccc(NC(=O)Nc4cc(C(C)(C)C)cc(NS(C)(=O)=O)c4OC)c4ccccc34)ccn2)ccc1C(=O)NCCN1CCC(F)CC1. The van der Waals surface area contributed by atoms with Gasteiger partial charge < -0.3 is 40.4 Å². The Morgan fingerprint density at radius 2 is 1.58 bits per heavy atom. The average molecular weight is 828 g/mol. The fourth-order valence-electron chi connectivity index (χ4n) is 6.72. The zero-order valence-corrected chi connectivity index (χ0v) is 34.8. The summed E-state index contributed by atoms with van der Waals surface area (Å²) in [6.07, 6.45) is 2.96. The molecule has 59 heavy (non-hydrogen) atoms. The first kappa shape index (κ1) is 42.5. The van der Waals surface area contributed by atoms with Crippen LogP contribution in [0, 0.1) is 0 Å². The van der Waals surface area contributed by atoms with Gasteiger partial charge in [-0.3, -0.25) is 9.52 Å². The summed E-state index contributed by atoms with van der Waals surface area (Å²) in [7, 11) is -0.747. The molecular formula is C43H50FN7O7S. The lowest BCUT2D eigenvalue weighted by atomic mass is 9.86. The number of ether oxygens (including phenoxy) is 3. The number of rotatable bonds is 14. The van der Waals surface area contributed by atoms with E-state index < -0.39 is 22.2 Å². The molecule has 0 bridgehead atoms. The lowest BCUT2D eigenvalue weighted by molar-refractivity contribution is 0.0937. The molecule has 3 amide bonds. The monoisotopic (exact) mass is 827 g/mol. The van der Waals surface area contributed by atoms with E-state index in [1.165, 1.54) is 14.2 Å². The van der Waals surface area contributed by atoms with Crippen molar-refractivity contribution in [3.05, 3.63) is 96.2 Å². The highest BCUT2D eigenvalue weighted by atomic mass is 32.2. The van der Waals surface area contributed by atoms with Crippen molar-refractivity contribution in [1.29, 1.82) is 0 Å². The third kappa shape index (κ3) is 11.1. The predicted octanol–water partition coefficient (Wildman–Crippen LogP) is 8.26. The van der Waals surface area contributed by atoms with Gasteiger partial charge in [0, 0.05) is 61.0 Å². The maximum absolute atomic E-state index is 13.5. The van der Waals surface area contributed by atoms with Crippen LogP contribution in [0.1, 0.15) is 49.5 Å². The fraction of sp³-hybridized carbons (Fsp3) is 0.326. The van der Waals surface area contributed by atoms with Gasteiger partial charge in [0.05, 0.1) is 43.1 Å². The number of halogens is 1. The molecule has 312 valence electrons. The summed E-state index contributed by atoms with van der Waals surface area (Å²) in [5.41, 5.74) is 2.43. The number of aromatic nitrogens is 1. The molecule has 16 heteroatoms. The molecule has 14 nitrogen and oxygen atoms in total. The third-order valence-electron chi connectivity index (χ3n) is 9.74. The summed E-state index contributed by atoms with van der Waals surface area (Å²) in [5, 5.41) is 13.4. The Balaban J connectivity index is 1.14. The Labute approximate surface area is 343 Å². The molecule has 0 radical (unpaired) electrons. The fourth-order valence-corrected chi connectivity index (χ4v) is 7.27. The lowest BCUT2D eigenvalue weighted by Gasteiger charge is -2.28. The highest BCUT2D eigenvalue weighted by molar-refractivity contribution is 7.92. The first-order chi connectivity index (χ1) is 28.1. The normalized spacial score (nSPS) is 13.7. The number of urea groups is 1. The zero-order chi connectivity index (χ0) is 42.3. The summed E-state index contributed by atoms with van der Waals surface area (Å²) < 4.78 is 57.8. The second-order valence-corrected chi connectivity index (χ2v) is 17.0. The van der Waals surface area contributed by atoms with Crippen molar-refractivity contribution < 1.29 is 36.6 Å². The molecule has 6 rings (SSSR count). The number of nitrogens with one attached hydrogen (secondary N) is 5. The summed E-state index contributed by atoms with van der Waals surface area (Å²) in [5.74, 6) is 1.80. The van der Waals surface area contributed by atoms with Crippen LogP contribution in [-0.4, -0.2) is 83.1 Å². The highest BCUT2D eigenvalue weighted by Crippen LogP contribution is 2.40. The number of hydrogen-bond acceptors (Lipinski definition) is 10. The topological polar surface area (TPSA) is 172 Å². The quantitative estimate of drug-likeness (QED) is 0.0734. The van der Waals surface area contributed by atoms with Gasteiger partial charge in [0.15, 0.2) is 5.75 Å². The minimum Gasteiger partial charge on any atom is -0.496 e. The van der Waals surface area contributed by atoms with Gasteiger partial charge in [-0.05, 0) is 66.3 Å². The number of sulfonamides is 1. The number of benzene rings is 4. The van der Waals surface area contributed by atoms with Crippen LogP contribution in [0.4, 0.5) is 37.8 Å². The van der Waals surface area contributed by atoms with Crippen LogP contribution < -0.4 is 40.2 Å². The van der Waals surface area contributed by atoms with E-state index in [9.17, 15) is 22.4 Å². The van der Waals surface area contributed by atoms with E-state index in [0.29, 0.717) is 84.4 Å². The number of anilines is 5. The zero-order valence-electron chi connectivity index (χ0n) is 33.9. The molecule has 4 aromatic carbocycles. The Morgan fingerprint density at radius 1 is 0.864 bits per heavy atom. The number of hydrogen-bond donors (Lipinski definition) is 5. The van der Waals surface area contributed by atoms with Crippen molar-refractivity contribution in [3.8, 4) is 23.0 Å². The predicted molar refractivity (Wildman–Crippen MR) is 230 cm³/mol. The summed E-state index contributed by atoms with van der Waals surface area (Å²) >= 11 is 0. The van der Waals surface area contributed by atoms with Gasteiger partial charge in [-0.15, -0.1) is 0 Å². The minimum absolute atomic E-state index is 0.164. The summed E-state index contributed by atoms with van der Waals surface area (Å²) in [4.78, 5) is 33.1. The molecule has 1 aliphatic rings. The number of carbonyl (C=O) groups excluding carboxylic acids is 2. The van der Waals surface area contributed by atoms with E-state index in [0.717, 1.165) is 17.2 Å². The van der Waals surface area contributed by atoms with E-state index in [2.05, 4.69) is 35.9 Å². The molecular weight excluding hydrogens is 778 g/mol. The van der Waals surface area contributed by atoms with Gasteiger partial charge in [-0.2, -0.15) is 0 Å². The number of fused-ring (bicyclic) bond motifs is 1. The van der Waals surface area contributed by atoms with E-state index in [1.807, 2.05) is 45.0 Å². The van der Waals surface area contributed by atoms with Crippen LogP contribution in [0.5, 0.6) is 23.0 Å². The van der Waals surface area contributed by atoms with Crippen LogP contribution in [0.2, 0.25) is 0 Å². The largest absolute Gasteiger partial charge is 0.496 e. The molecule has 5 aromatic rings. The van der Waals surface area contributed by atoms with Crippen molar-refractivity contribution in [2.45, 2.75) is 45.2 Å². The molecule has 1 fully saturated rings. The number of carbonyl (C=O) groups is 2. The van der Waals surface area contributed by atoms with Gasteiger partial charge in [-0.1, -0.05) is 45.0 Å². The van der Waals surface area contributed by atoms with Crippen LogP contribution in [0.15, 0.2) is 85.1 Å². The molecule has 2 heterocycles. The maximum Gasteiger partial charge on any atom is 0.323 e. The Hall–Kier alpha value is -6.13. The van der Waals surface area contributed by atoms with Crippen molar-refractivity contribution in [1.82, 2.24) is 15.2 Å². The maximum atomic E-state index is 13.5. The highest BCUT2D eigenvalue weighted by Gasteiger charge is 2.23. The molecule has 1 aromatic heterocycles. The first-order valence-corrected chi connectivity index (χ1v) is 21.0. The van der Waals surface area contributed by atoms with E-state index in [-0.39, 0.29) is 28.4 Å². The third-order valence-corrected chi connectivity index (χ3v) is 10.3. The second-order valence-electron chi connectivity index (χ2n) is 15.3. The molecule has 0 aliphatic carbocycles. The molecule has 1 aliphatic heterocycles. The molecule has 0 atom stereocenters. The second kappa shape index (κ2) is 18.2. The van der Waals surface area contributed by atoms with Gasteiger partial charge in [0.1, 0.15) is 29.2 Å². The number of methoxy groups -OCH3 is 2. The van der Waals surface area contributed by atoms with Crippen molar-refractivity contribution in [3.63, 3.8) is 0 Å². The Bertz CT molecular complexity index is 2430. The van der Waals surface area contributed by atoms with E-state index >= 15 is 0 Å². The van der Waals surface area contributed by atoms with Crippen molar-refractivity contribution >= 4 is 61.3 Å². The van der Waals surface area contributed by atoms with E-state index in [4.69, 9.17) is 14.2 Å². The number of likely N-dealkylation sites (tertiary alicyclic amines) is 1. The first-order valence-electron chi connectivity index (χ1n) is 19.1. The van der Waals surface area contributed by atoms with E-state index in [1.54, 1.807) is 60.8 Å². The van der Waals surface area contributed by atoms with Gasteiger partial charge in [-0.25, -0.2) is 22.6 Å². The van der Waals surface area contributed by atoms with Crippen LogP contribution in [0.25, 0.3) is 10.8 Å². The Morgan fingerprint density at radius 3 is 2.27 bits per heavy atom. The van der Waals surface area contributed by atoms with Crippen LogP contribution in [-0.2, 0) is 15.4 Å². The summed E-state index contributed by atoms with van der Waals surface area (Å²) in [6, 6.07) is 22.4. The lowest BCUT2D eigenvalue weighted by Crippen LogP contribution is -2.40. The van der Waals surface area contributed by atoms with Gasteiger partial charge in [0.2, 0.25) is 10.0 Å². The number of pyridine rings is 1. The summed E-state index contributed by atoms with van der Waals surface area (Å²) in [6.45, 7) is 8.40. The molecule has 0 spiro atoms. The minimum atomic E-state index is -3.65. The molecule has 1 saturated heterocycles. The number of nitrogens with zero attached hydrogens (tertiary/aromatic N) is 2. The smallest absolute Gasteiger partial charge is 0.323 e. The Kier molecular flexibility index (Phi) is 13.1. The van der Waals surface area contributed by atoms with Crippen LogP contribution >= 0.6 is 0 Å². The van der Waals surface area contributed by atoms with Gasteiger partial charge >= 0.3 is 6.03 Å².